The second-order valence-electron chi connectivity index (χ2n) is 3.86. The molecule has 0 saturated heterocycles. The molecule has 0 fully saturated rings. The van der Waals surface area contributed by atoms with E-state index in [1.165, 1.54) is 7.11 Å². The van der Waals surface area contributed by atoms with E-state index in [4.69, 9.17) is 4.74 Å². The highest BCUT2D eigenvalue weighted by molar-refractivity contribution is 5.89. The molecule has 0 radical (unpaired) electrons. The highest BCUT2D eigenvalue weighted by atomic mass is 16.5. The number of aromatic nitrogens is 4. The number of carbonyl (C=O) groups is 1. The molecular weight excluding hydrogens is 244 g/mol. The van der Waals surface area contributed by atoms with Gasteiger partial charge in [0.05, 0.1) is 7.11 Å². The van der Waals surface area contributed by atoms with Crippen molar-refractivity contribution in [3.63, 3.8) is 0 Å². The first-order chi connectivity index (χ1) is 9.31. The Labute approximate surface area is 108 Å². The molecule has 0 N–H and O–H groups in total. The molecule has 3 rings (SSSR count). The Bertz CT molecular complexity index is 737. The van der Waals surface area contributed by atoms with E-state index in [0.29, 0.717) is 17.2 Å². The highest BCUT2D eigenvalue weighted by Crippen LogP contribution is 2.19. The van der Waals surface area contributed by atoms with Gasteiger partial charge in [-0.3, -0.25) is 9.38 Å². The van der Waals surface area contributed by atoms with E-state index in [1.807, 2.05) is 6.07 Å². The van der Waals surface area contributed by atoms with Crippen LogP contribution in [-0.4, -0.2) is 32.7 Å². The van der Waals surface area contributed by atoms with Gasteiger partial charge in [-0.25, -0.2) is 4.79 Å². The van der Waals surface area contributed by atoms with Gasteiger partial charge in [-0.15, -0.1) is 10.2 Å². The topological polar surface area (TPSA) is 69.4 Å². The van der Waals surface area contributed by atoms with E-state index in [2.05, 4.69) is 15.2 Å². The van der Waals surface area contributed by atoms with Crippen LogP contribution in [0.2, 0.25) is 0 Å². The van der Waals surface area contributed by atoms with E-state index >= 15 is 0 Å². The van der Waals surface area contributed by atoms with Crippen LogP contribution in [0.3, 0.4) is 0 Å². The number of methoxy groups -OCH3 is 1. The molecule has 19 heavy (non-hydrogen) atoms. The molecule has 0 atom stereocenters. The first-order valence-corrected chi connectivity index (χ1v) is 5.64. The average Bonchev–Trinajstić information content (AvgIpc) is 2.91. The predicted molar refractivity (Wildman–Crippen MR) is 67.6 cm³/mol. The molecule has 0 aliphatic carbocycles. The molecule has 6 nitrogen and oxygen atoms in total. The minimum atomic E-state index is -0.435. The molecule has 3 heterocycles. The molecule has 0 aliphatic heterocycles. The fraction of sp³-hybridized carbons (Fsp3) is 0.0769. The van der Waals surface area contributed by atoms with Crippen LogP contribution in [0.15, 0.2) is 42.7 Å². The largest absolute Gasteiger partial charge is 0.464 e. The van der Waals surface area contributed by atoms with Gasteiger partial charge < -0.3 is 4.74 Å². The molecule has 0 aromatic carbocycles. The van der Waals surface area contributed by atoms with Crippen LogP contribution in [0.5, 0.6) is 0 Å². The van der Waals surface area contributed by atoms with Gasteiger partial charge in [0.15, 0.2) is 11.5 Å². The fourth-order valence-corrected chi connectivity index (χ4v) is 1.89. The molecule has 0 unspecified atom stereocenters. The summed E-state index contributed by atoms with van der Waals surface area (Å²) in [4.78, 5) is 15.8. The van der Waals surface area contributed by atoms with Crippen LogP contribution in [-0.2, 0) is 4.74 Å². The first-order valence-electron chi connectivity index (χ1n) is 5.64. The van der Waals surface area contributed by atoms with Crippen molar-refractivity contribution in [2.45, 2.75) is 0 Å². The van der Waals surface area contributed by atoms with Gasteiger partial charge in [-0.05, 0) is 24.3 Å². The second kappa shape index (κ2) is 4.49. The van der Waals surface area contributed by atoms with Crippen LogP contribution < -0.4 is 0 Å². The molecule has 94 valence electrons. The zero-order valence-electron chi connectivity index (χ0n) is 10.1. The molecule has 0 spiro atoms. The zero-order valence-corrected chi connectivity index (χ0v) is 10.1. The fourth-order valence-electron chi connectivity index (χ4n) is 1.89. The van der Waals surface area contributed by atoms with Gasteiger partial charge in [0.25, 0.3) is 0 Å². The average molecular weight is 254 g/mol. The molecule has 6 heteroatoms. The summed E-state index contributed by atoms with van der Waals surface area (Å²) in [7, 11) is 1.34. The van der Waals surface area contributed by atoms with Crippen molar-refractivity contribution >= 4 is 11.6 Å². The summed E-state index contributed by atoms with van der Waals surface area (Å²) in [6.45, 7) is 0. The van der Waals surface area contributed by atoms with E-state index in [0.717, 1.165) is 5.56 Å². The standard InChI is InChI=1S/C13H10N4O2/c1-19-13(18)10-5-2-6-11-15-16-12(17(10)11)9-4-3-7-14-8-9/h2-8H,1H3. The lowest BCUT2D eigenvalue weighted by atomic mass is 10.2. The van der Waals surface area contributed by atoms with Crippen molar-refractivity contribution in [3.8, 4) is 11.4 Å². The number of pyridine rings is 2. The second-order valence-corrected chi connectivity index (χ2v) is 3.86. The van der Waals surface area contributed by atoms with Crippen LogP contribution in [0.1, 0.15) is 10.5 Å². The summed E-state index contributed by atoms with van der Waals surface area (Å²) >= 11 is 0. The summed E-state index contributed by atoms with van der Waals surface area (Å²) < 4.78 is 6.43. The lowest BCUT2D eigenvalue weighted by Gasteiger charge is -2.05. The SMILES string of the molecule is COC(=O)c1cccc2nnc(-c3cccnc3)n12. The monoisotopic (exact) mass is 254 g/mol. The maximum absolute atomic E-state index is 11.8. The van der Waals surface area contributed by atoms with Crippen LogP contribution in [0.25, 0.3) is 17.0 Å². The number of carbonyl (C=O) groups excluding carboxylic acids is 1. The summed E-state index contributed by atoms with van der Waals surface area (Å²) in [6.07, 6.45) is 3.35. The maximum Gasteiger partial charge on any atom is 0.355 e. The Morgan fingerprint density at radius 1 is 1.21 bits per heavy atom. The van der Waals surface area contributed by atoms with Gasteiger partial charge in [0, 0.05) is 18.0 Å². The minimum Gasteiger partial charge on any atom is -0.464 e. The Balaban J connectivity index is 2.30. The molecule has 3 aromatic rings. The summed E-state index contributed by atoms with van der Waals surface area (Å²) in [6, 6.07) is 8.85. The minimum absolute atomic E-state index is 0.379. The maximum atomic E-state index is 11.8. The number of fused-ring (bicyclic) bond motifs is 1. The molecule has 0 aliphatic rings. The van der Waals surface area contributed by atoms with Gasteiger partial charge in [-0.1, -0.05) is 6.07 Å². The van der Waals surface area contributed by atoms with Crippen LogP contribution in [0, 0.1) is 0 Å². The van der Waals surface area contributed by atoms with E-state index in [9.17, 15) is 4.79 Å². The quantitative estimate of drug-likeness (QED) is 0.649. The van der Waals surface area contributed by atoms with Crippen molar-refractivity contribution in [1.82, 2.24) is 19.6 Å². The van der Waals surface area contributed by atoms with Crippen molar-refractivity contribution in [1.29, 1.82) is 0 Å². The molecule has 0 saturated carbocycles. The van der Waals surface area contributed by atoms with Gasteiger partial charge in [0.2, 0.25) is 0 Å². The van der Waals surface area contributed by atoms with E-state index in [-0.39, 0.29) is 0 Å². The Morgan fingerprint density at radius 2 is 2.11 bits per heavy atom. The summed E-state index contributed by atoms with van der Waals surface area (Å²) in [5.74, 6) is 0.125. The molecule has 3 aromatic heterocycles. The predicted octanol–water partition coefficient (Wildman–Crippen LogP) is 1.58. The zero-order chi connectivity index (χ0) is 13.2. The lowest BCUT2D eigenvalue weighted by molar-refractivity contribution is 0.0592. The third-order valence-corrected chi connectivity index (χ3v) is 2.74. The Hall–Kier alpha value is -2.76. The van der Waals surface area contributed by atoms with Gasteiger partial charge >= 0.3 is 5.97 Å². The molecule has 0 amide bonds. The normalized spacial score (nSPS) is 10.6. The number of esters is 1. The summed E-state index contributed by atoms with van der Waals surface area (Å²) in [5.41, 5.74) is 1.75. The van der Waals surface area contributed by atoms with Crippen LogP contribution in [0.4, 0.5) is 0 Å². The first kappa shape index (κ1) is 11.3. The van der Waals surface area contributed by atoms with E-state index < -0.39 is 5.97 Å². The molecule has 0 bridgehead atoms. The molecular formula is C13H10N4O2. The van der Waals surface area contributed by atoms with Crippen molar-refractivity contribution in [2.75, 3.05) is 7.11 Å². The third kappa shape index (κ3) is 1.83. The van der Waals surface area contributed by atoms with Crippen molar-refractivity contribution < 1.29 is 9.53 Å². The summed E-state index contributed by atoms with van der Waals surface area (Å²) in [5, 5.41) is 8.16. The Morgan fingerprint density at radius 3 is 2.84 bits per heavy atom. The van der Waals surface area contributed by atoms with Gasteiger partial charge in [-0.2, -0.15) is 0 Å². The third-order valence-electron chi connectivity index (χ3n) is 2.74. The lowest BCUT2D eigenvalue weighted by Crippen LogP contribution is -2.08. The van der Waals surface area contributed by atoms with Crippen LogP contribution >= 0.6 is 0 Å². The smallest absolute Gasteiger partial charge is 0.355 e. The highest BCUT2D eigenvalue weighted by Gasteiger charge is 2.16. The van der Waals surface area contributed by atoms with Crippen molar-refractivity contribution in [3.05, 3.63) is 48.4 Å². The van der Waals surface area contributed by atoms with E-state index in [1.54, 1.807) is 41.1 Å². The number of ether oxygens (including phenoxy) is 1. The van der Waals surface area contributed by atoms with Crippen molar-refractivity contribution in [2.24, 2.45) is 0 Å². The number of rotatable bonds is 2. The number of hydrogen-bond acceptors (Lipinski definition) is 5. The Kier molecular flexibility index (Phi) is 2.68. The number of hydrogen-bond donors (Lipinski definition) is 0. The van der Waals surface area contributed by atoms with Gasteiger partial charge in [0.1, 0.15) is 5.69 Å². The number of nitrogens with zero attached hydrogens (tertiary/aromatic N) is 4.